The topological polar surface area (TPSA) is 82.0 Å². The number of carbonyl (C=O) groups excluding carboxylic acids is 1. The number of carbonyl (C=O) groups is 1. The Labute approximate surface area is 103 Å². The first-order chi connectivity index (χ1) is 8.17. The number of hydrogen-bond acceptors (Lipinski definition) is 5. The van der Waals surface area contributed by atoms with Crippen LogP contribution in [0.4, 0.5) is 0 Å². The van der Waals surface area contributed by atoms with Crippen LogP contribution in [0, 0.1) is 0 Å². The molecule has 0 aromatic rings. The molecule has 0 bridgehead atoms. The quantitative estimate of drug-likeness (QED) is 0.424. The SMILES string of the molecule is COCCCNC(=O)C(C)N(CCO)CCO. The van der Waals surface area contributed by atoms with Crippen LogP contribution in [-0.4, -0.2) is 73.6 Å². The molecule has 0 aliphatic heterocycles. The number of aliphatic hydroxyl groups is 2. The Hall–Kier alpha value is -0.690. The summed E-state index contributed by atoms with van der Waals surface area (Å²) in [5, 5.41) is 20.5. The van der Waals surface area contributed by atoms with Crippen molar-refractivity contribution < 1.29 is 19.7 Å². The van der Waals surface area contributed by atoms with Gasteiger partial charge in [-0.25, -0.2) is 0 Å². The molecule has 6 nitrogen and oxygen atoms in total. The smallest absolute Gasteiger partial charge is 0.237 e. The Balaban J connectivity index is 3.97. The normalized spacial score (nSPS) is 12.8. The van der Waals surface area contributed by atoms with E-state index in [2.05, 4.69) is 5.32 Å². The Bertz CT molecular complexity index is 196. The fraction of sp³-hybridized carbons (Fsp3) is 0.909. The molecule has 6 heteroatoms. The van der Waals surface area contributed by atoms with E-state index < -0.39 is 0 Å². The van der Waals surface area contributed by atoms with Crippen molar-refractivity contribution in [1.29, 1.82) is 0 Å². The summed E-state index contributed by atoms with van der Waals surface area (Å²) in [6, 6.07) is -0.350. The number of amides is 1. The zero-order valence-electron chi connectivity index (χ0n) is 10.7. The van der Waals surface area contributed by atoms with Gasteiger partial charge in [0.15, 0.2) is 0 Å². The Morgan fingerprint density at radius 2 is 1.94 bits per heavy atom. The second-order valence-corrected chi connectivity index (χ2v) is 3.80. The fourth-order valence-corrected chi connectivity index (χ4v) is 1.50. The van der Waals surface area contributed by atoms with E-state index in [-0.39, 0.29) is 25.2 Å². The van der Waals surface area contributed by atoms with E-state index >= 15 is 0 Å². The van der Waals surface area contributed by atoms with E-state index in [9.17, 15) is 4.79 Å². The van der Waals surface area contributed by atoms with Gasteiger partial charge in [0.25, 0.3) is 0 Å². The van der Waals surface area contributed by atoms with Gasteiger partial charge in [0.05, 0.1) is 19.3 Å². The standard InChI is InChI=1S/C11H24N2O4/c1-10(13(5-7-14)6-8-15)11(16)12-4-3-9-17-2/h10,14-15H,3-9H2,1-2H3,(H,12,16). The summed E-state index contributed by atoms with van der Waals surface area (Å²) in [6.07, 6.45) is 0.773. The first-order valence-corrected chi connectivity index (χ1v) is 5.89. The van der Waals surface area contributed by atoms with Crippen LogP contribution in [-0.2, 0) is 9.53 Å². The van der Waals surface area contributed by atoms with E-state index in [1.807, 2.05) is 0 Å². The van der Waals surface area contributed by atoms with Crippen molar-refractivity contribution in [3.8, 4) is 0 Å². The van der Waals surface area contributed by atoms with Crippen molar-refractivity contribution in [3.63, 3.8) is 0 Å². The minimum Gasteiger partial charge on any atom is -0.395 e. The van der Waals surface area contributed by atoms with Crippen LogP contribution in [0.5, 0.6) is 0 Å². The number of nitrogens with zero attached hydrogens (tertiary/aromatic N) is 1. The lowest BCUT2D eigenvalue weighted by atomic mass is 10.2. The number of hydrogen-bond donors (Lipinski definition) is 3. The molecule has 0 spiro atoms. The van der Waals surface area contributed by atoms with Crippen LogP contribution in [0.1, 0.15) is 13.3 Å². The summed E-state index contributed by atoms with van der Waals surface area (Å²) in [5.74, 6) is -0.0944. The number of nitrogens with one attached hydrogen (secondary N) is 1. The fourth-order valence-electron chi connectivity index (χ4n) is 1.50. The zero-order valence-corrected chi connectivity index (χ0v) is 10.7. The van der Waals surface area contributed by atoms with Gasteiger partial charge in [0.1, 0.15) is 0 Å². The average Bonchev–Trinajstić information content (AvgIpc) is 2.33. The Morgan fingerprint density at radius 1 is 1.35 bits per heavy atom. The molecule has 0 aromatic carbocycles. The summed E-state index contributed by atoms with van der Waals surface area (Å²) in [6.45, 7) is 3.66. The van der Waals surface area contributed by atoms with Crippen LogP contribution in [0.2, 0.25) is 0 Å². The molecule has 0 aliphatic carbocycles. The van der Waals surface area contributed by atoms with Crippen LogP contribution in [0.3, 0.4) is 0 Å². The monoisotopic (exact) mass is 248 g/mol. The van der Waals surface area contributed by atoms with E-state index in [4.69, 9.17) is 14.9 Å². The molecule has 0 saturated heterocycles. The number of ether oxygens (including phenoxy) is 1. The second kappa shape index (κ2) is 10.5. The third kappa shape index (κ3) is 7.27. The lowest BCUT2D eigenvalue weighted by Gasteiger charge is -2.26. The summed E-state index contributed by atoms with van der Waals surface area (Å²) >= 11 is 0. The highest BCUT2D eigenvalue weighted by molar-refractivity contribution is 5.81. The van der Waals surface area contributed by atoms with Crippen molar-refractivity contribution in [2.45, 2.75) is 19.4 Å². The van der Waals surface area contributed by atoms with Crippen LogP contribution in [0.25, 0.3) is 0 Å². The maximum Gasteiger partial charge on any atom is 0.237 e. The molecule has 0 rings (SSSR count). The molecule has 3 N–H and O–H groups in total. The molecule has 0 radical (unpaired) electrons. The Kier molecular flexibility index (Phi) is 10.0. The first kappa shape index (κ1) is 16.3. The molecular formula is C11H24N2O4. The van der Waals surface area contributed by atoms with Gasteiger partial charge in [0, 0.05) is 33.4 Å². The number of rotatable bonds is 10. The summed E-state index contributed by atoms with van der Waals surface area (Å²) < 4.78 is 4.88. The van der Waals surface area contributed by atoms with E-state index in [1.54, 1.807) is 18.9 Å². The third-order valence-electron chi connectivity index (χ3n) is 2.53. The van der Waals surface area contributed by atoms with Crippen molar-refractivity contribution >= 4 is 5.91 Å². The molecular weight excluding hydrogens is 224 g/mol. The highest BCUT2D eigenvalue weighted by Gasteiger charge is 2.19. The van der Waals surface area contributed by atoms with Crippen molar-refractivity contribution in [2.75, 3.05) is 46.6 Å². The largest absolute Gasteiger partial charge is 0.395 e. The van der Waals surface area contributed by atoms with Gasteiger partial charge in [-0.2, -0.15) is 0 Å². The van der Waals surface area contributed by atoms with Crippen molar-refractivity contribution in [3.05, 3.63) is 0 Å². The predicted octanol–water partition coefficient (Wildman–Crippen LogP) is -1.19. The maximum absolute atomic E-state index is 11.7. The average molecular weight is 248 g/mol. The van der Waals surface area contributed by atoms with E-state index in [0.29, 0.717) is 26.2 Å². The second-order valence-electron chi connectivity index (χ2n) is 3.80. The Morgan fingerprint density at radius 3 is 2.41 bits per heavy atom. The van der Waals surface area contributed by atoms with Gasteiger partial charge in [-0.15, -0.1) is 0 Å². The van der Waals surface area contributed by atoms with Crippen molar-refractivity contribution in [1.82, 2.24) is 10.2 Å². The lowest BCUT2D eigenvalue weighted by Crippen LogP contribution is -2.47. The van der Waals surface area contributed by atoms with Crippen LogP contribution >= 0.6 is 0 Å². The summed E-state index contributed by atoms with van der Waals surface area (Å²) in [4.78, 5) is 13.5. The van der Waals surface area contributed by atoms with Crippen LogP contribution in [0.15, 0.2) is 0 Å². The van der Waals surface area contributed by atoms with Crippen molar-refractivity contribution in [2.24, 2.45) is 0 Å². The molecule has 0 saturated carbocycles. The zero-order chi connectivity index (χ0) is 13.1. The van der Waals surface area contributed by atoms with E-state index in [1.165, 1.54) is 0 Å². The molecule has 17 heavy (non-hydrogen) atoms. The van der Waals surface area contributed by atoms with Crippen LogP contribution < -0.4 is 5.32 Å². The maximum atomic E-state index is 11.7. The van der Waals surface area contributed by atoms with Gasteiger partial charge in [0.2, 0.25) is 5.91 Å². The minimum absolute atomic E-state index is 0.0265. The molecule has 0 fully saturated rings. The molecule has 1 atom stereocenters. The highest BCUT2D eigenvalue weighted by atomic mass is 16.5. The molecule has 102 valence electrons. The molecule has 0 heterocycles. The third-order valence-corrected chi connectivity index (χ3v) is 2.53. The summed E-state index contributed by atoms with van der Waals surface area (Å²) in [5.41, 5.74) is 0. The first-order valence-electron chi connectivity index (χ1n) is 5.89. The molecule has 0 aliphatic rings. The van der Waals surface area contributed by atoms with Gasteiger partial charge >= 0.3 is 0 Å². The van der Waals surface area contributed by atoms with Gasteiger partial charge < -0.3 is 20.3 Å². The van der Waals surface area contributed by atoms with Gasteiger partial charge in [-0.3, -0.25) is 9.69 Å². The molecule has 0 aromatic heterocycles. The molecule has 1 unspecified atom stereocenters. The number of aliphatic hydroxyl groups excluding tert-OH is 2. The number of methoxy groups -OCH3 is 1. The van der Waals surface area contributed by atoms with Gasteiger partial charge in [-0.05, 0) is 13.3 Å². The highest BCUT2D eigenvalue weighted by Crippen LogP contribution is 1.98. The lowest BCUT2D eigenvalue weighted by molar-refractivity contribution is -0.126. The molecule has 1 amide bonds. The minimum atomic E-state index is -0.350. The van der Waals surface area contributed by atoms with Gasteiger partial charge in [-0.1, -0.05) is 0 Å². The summed E-state index contributed by atoms with van der Waals surface area (Å²) in [7, 11) is 1.62. The van der Waals surface area contributed by atoms with E-state index in [0.717, 1.165) is 6.42 Å². The predicted molar refractivity (Wildman–Crippen MR) is 64.7 cm³/mol.